The summed E-state index contributed by atoms with van der Waals surface area (Å²) >= 11 is 0. The number of rotatable bonds is 9. The summed E-state index contributed by atoms with van der Waals surface area (Å²) in [6.07, 6.45) is 0.929. The van der Waals surface area contributed by atoms with Gasteiger partial charge in [0.2, 0.25) is 5.76 Å². The number of ether oxygens (including phenoxy) is 1. The van der Waals surface area contributed by atoms with Crippen molar-refractivity contribution in [1.29, 1.82) is 0 Å². The first kappa shape index (κ1) is 23.1. The Morgan fingerprint density at radius 2 is 1.76 bits per heavy atom. The van der Waals surface area contributed by atoms with Gasteiger partial charge in [-0.2, -0.15) is 0 Å². The summed E-state index contributed by atoms with van der Waals surface area (Å²) in [6.45, 7) is 11.9. The molecular weight excluding hydrogens is 416 g/mol. The Hall–Kier alpha value is -3.12. The molecule has 33 heavy (non-hydrogen) atoms. The molecule has 2 heterocycles. The van der Waals surface area contributed by atoms with E-state index in [1.165, 1.54) is 0 Å². The maximum Gasteiger partial charge on any atom is 0.290 e. The van der Waals surface area contributed by atoms with Gasteiger partial charge in [-0.15, -0.1) is 0 Å². The van der Waals surface area contributed by atoms with Crippen molar-refractivity contribution in [3.05, 3.63) is 75.1 Å². The van der Waals surface area contributed by atoms with Crippen molar-refractivity contribution in [3.63, 3.8) is 0 Å². The normalized spacial score (nSPS) is 15.5. The van der Waals surface area contributed by atoms with Crippen LogP contribution in [0.15, 0.2) is 51.7 Å². The van der Waals surface area contributed by atoms with Gasteiger partial charge in [-0.25, -0.2) is 0 Å². The minimum Gasteiger partial charge on any atom is -0.494 e. The van der Waals surface area contributed by atoms with Gasteiger partial charge in [-0.1, -0.05) is 44.5 Å². The minimum absolute atomic E-state index is 0.134. The molecule has 0 saturated carbocycles. The monoisotopic (exact) mass is 448 g/mol. The first-order chi connectivity index (χ1) is 16.0. The summed E-state index contributed by atoms with van der Waals surface area (Å²) in [5.41, 5.74) is 2.60. The predicted octanol–water partition coefficient (Wildman–Crippen LogP) is 4.78. The second-order valence-electron chi connectivity index (χ2n) is 8.52. The van der Waals surface area contributed by atoms with Gasteiger partial charge in [0.1, 0.15) is 11.3 Å². The summed E-state index contributed by atoms with van der Waals surface area (Å²) in [6, 6.07) is 12.7. The summed E-state index contributed by atoms with van der Waals surface area (Å²) in [5, 5.41) is 0.514. The molecule has 0 radical (unpaired) electrons. The van der Waals surface area contributed by atoms with E-state index < -0.39 is 6.04 Å². The highest BCUT2D eigenvalue weighted by atomic mass is 16.5. The summed E-state index contributed by atoms with van der Waals surface area (Å²) in [7, 11) is 0. The molecule has 0 bridgehead atoms. The van der Waals surface area contributed by atoms with E-state index >= 15 is 0 Å². The fourth-order valence-electron chi connectivity index (χ4n) is 4.47. The predicted molar refractivity (Wildman–Crippen MR) is 130 cm³/mol. The Labute approximate surface area is 194 Å². The first-order valence-corrected chi connectivity index (χ1v) is 11.8. The lowest BCUT2D eigenvalue weighted by molar-refractivity contribution is 0.0708. The van der Waals surface area contributed by atoms with Crippen molar-refractivity contribution in [2.24, 2.45) is 0 Å². The molecule has 0 N–H and O–H groups in total. The molecule has 174 valence electrons. The number of carbonyl (C=O) groups is 1. The van der Waals surface area contributed by atoms with Gasteiger partial charge in [0.05, 0.1) is 23.6 Å². The molecule has 1 aromatic heterocycles. The zero-order valence-corrected chi connectivity index (χ0v) is 19.9. The third-order valence-corrected chi connectivity index (χ3v) is 6.34. The fraction of sp³-hybridized carbons (Fsp3) is 0.407. The van der Waals surface area contributed by atoms with E-state index in [2.05, 4.69) is 25.7 Å². The number of nitrogens with zero attached hydrogens (tertiary/aromatic N) is 2. The Morgan fingerprint density at radius 1 is 1.03 bits per heavy atom. The van der Waals surface area contributed by atoms with E-state index in [-0.39, 0.29) is 17.1 Å². The van der Waals surface area contributed by atoms with E-state index in [1.54, 1.807) is 11.0 Å². The number of likely N-dealkylation sites (N-methyl/N-ethyl adjacent to an activating group) is 1. The van der Waals surface area contributed by atoms with Gasteiger partial charge >= 0.3 is 0 Å². The first-order valence-electron chi connectivity index (χ1n) is 11.8. The molecule has 0 spiro atoms. The Balaban J connectivity index is 1.81. The molecule has 3 aromatic rings. The van der Waals surface area contributed by atoms with Crippen LogP contribution in [0.1, 0.15) is 60.5 Å². The van der Waals surface area contributed by atoms with Gasteiger partial charge in [-0.3, -0.25) is 9.59 Å². The van der Waals surface area contributed by atoms with Crippen LogP contribution in [0.5, 0.6) is 5.75 Å². The van der Waals surface area contributed by atoms with Crippen LogP contribution in [0.25, 0.3) is 11.0 Å². The molecule has 2 aromatic carbocycles. The van der Waals surface area contributed by atoms with Gasteiger partial charge in [-0.05, 0) is 56.3 Å². The van der Waals surface area contributed by atoms with E-state index in [9.17, 15) is 9.59 Å². The van der Waals surface area contributed by atoms with Gasteiger partial charge < -0.3 is 19.0 Å². The second kappa shape index (κ2) is 9.79. The third-order valence-electron chi connectivity index (χ3n) is 6.34. The second-order valence-corrected chi connectivity index (χ2v) is 8.52. The Kier molecular flexibility index (Phi) is 6.84. The SMILES string of the molecule is CCCOc1ccc([C@@H]2c3c(oc4ccc(C)cc4c3=O)C(=O)N2CCN(CC)CC)cc1. The van der Waals surface area contributed by atoms with E-state index in [0.29, 0.717) is 29.7 Å². The molecular formula is C27H32N2O4. The molecule has 1 aliphatic heterocycles. The molecule has 1 atom stereocenters. The van der Waals surface area contributed by atoms with Crippen LogP contribution in [0, 0.1) is 6.92 Å². The Bertz CT molecular complexity index is 1200. The number of benzene rings is 2. The van der Waals surface area contributed by atoms with Crippen LogP contribution in [-0.2, 0) is 0 Å². The number of carbonyl (C=O) groups excluding carboxylic acids is 1. The average Bonchev–Trinajstić information content (AvgIpc) is 3.11. The molecule has 1 aliphatic rings. The van der Waals surface area contributed by atoms with Crippen molar-refractivity contribution in [1.82, 2.24) is 9.80 Å². The summed E-state index contributed by atoms with van der Waals surface area (Å²) in [4.78, 5) is 31.2. The molecule has 0 fully saturated rings. The van der Waals surface area contributed by atoms with Crippen molar-refractivity contribution >= 4 is 16.9 Å². The lowest BCUT2D eigenvalue weighted by Crippen LogP contribution is -2.37. The van der Waals surface area contributed by atoms with E-state index in [0.717, 1.165) is 42.9 Å². The lowest BCUT2D eigenvalue weighted by Gasteiger charge is -2.28. The number of hydrogen-bond donors (Lipinski definition) is 0. The van der Waals surface area contributed by atoms with Gasteiger partial charge in [0.25, 0.3) is 5.91 Å². The molecule has 4 rings (SSSR count). The molecule has 6 nitrogen and oxygen atoms in total. The fourth-order valence-corrected chi connectivity index (χ4v) is 4.47. The summed E-state index contributed by atoms with van der Waals surface area (Å²) < 4.78 is 11.8. The maximum atomic E-state index is 13.6. The van der Waals surface area contributed by atoms with Crippen LogP contribution in [0.4, 0.5) is 0 Å². The molecule has 1 amide bonds. The van der Waals surface area contributed by atoms with Crippen molar-refractivity contribution in [2.75, 3.05) is 32.8 Å². The third kappa shape index (κ3) is 4.40. The quantitative estimate of drug-likeness (QED) is 0.472. The highest BCUT2D eigenvalue weighted by Gasteiger charge is 2.42. The van der Waals surface area contributed by atoms with Crippen LogP contribution in [0.3, 0.4) is 0 Å². The number of fused-ring (bicyclic) bond motifs is 2. The van der Waals surface area contributed by atoms with E-state index in [1.807, 2.05) is 43.3 Å². The van der Waals surface area contributed by atoms with E-state index in [4.69, 9.17) is 9.15 Å². The Morgan fingerprint density at radius 3 is 2.42 bits per heavy atom. The van der Waals surface area contributed by atoms with Gasteiger partial charge in [0, 0.05) is 13.1 Å². The topological polar surface area (TPSA) is 63.0 Å². The molecule has 0 saturated heterocycles. The zero-order valence-electron chi connectivity index (χ0n) is 19.9. The van der Waals surface area contributed by atoms with Crippen molar-refractivity contribution in [3.8, 4) is 5.75 Å². The molecule has 6 heteroatoms. The standard InChI is InChI=1S/C27H32N2O4/c1-5-16-32-20-11-9-19(10-12-20)24-23-25(30)21-17-18(4)8-13-22(21)33-26(23)27(31)29(24)15-14-28(6-2)7-3/h8-13,17,24H,5-7,14-16H2,1-4H3/t24-/m1/s1. The van der Waals surface area contributed by atoms with Crippen molar-refractivity contribution < 1.29 is 13.9 Å². The number of hydrogen-bond acceptors (Lipinski definition) is 5. The van der Waals surface area contributed by atoms with Crippen molar-refractivity contribution in [2.45, 2.75) is 40.2 Å². The van der Waals surface area contributed by atoms with Gasteiger partial charge in [0.15, 0.2) is 5.43 Å². The highest BCUT2D eigenvalue weighted by Crippen LogP contribution is 2.38. The minimum atomic E-state index is -0.482. The van der Waals surface area contributed by atoms with Crippen LogP contribution < -0.4 is 10.2 Å². The summed E-state index contributed by atoms with van der Waals surface area (Å²) in [5.74, 6) is 0.709. The van der Waals surface area contributed by atoms with Crippen LogP contribution in [0.2, 0.25) is 0 Å². The maximum absolute atomic E-state index is 13.6. The highest BCUT2D eigenvalue weighted by molar-refractivity contribution is 5.99. The molecule has 0 unspecified atom stereocenters. The molecule has 0 aliphatic carbocycles. The van der Waals surface area contributed by atoms with Crippen LogP contribution in [-0.4, -0.2) is 48.5 Å². The average molecular weight is 449 g/mol. The lowest BCUT2D eigenvalue weighted by atomic mass is 9.98. The smallest absolute Gasteiger partial charge is 0.290 e. The number of aryl methyl sites for hydroxylation is 1. The zero-order chi connectivity index (χ0) is 23.5. The number of amides is 1. The van der Waals surface area contributed by atoms with Crippen LogP contribution >= 0.6 is 0 Å². The largest absolute Gasteiger partial charge is 0.494 e.